The molecule has 7 heteroatoms. The average molecular weight is 480 g/mol. The Hall–Kier alpha value is -4.42. The number of hydrogen-bond donors (Lipinski definition) is 2. The van der Waals surface area contributed by atoms with Crippen LogP contribution in [0.3, 0.4) is 0 Å². The van der Waals surface area contributed by atoms with Gasteiger partial charge >= 0.3 is 0 Å². The number of nitrogens with one attached hydrogen (secondary N) is 1. The minimum Gasteiger partial charge on any atom is -0.384 e. The van der Waals surface area contributed by atoms with Crippen molar-refractivity contribution in [1.29, 1.82) is 0 Å². The number of hydrogen-bond acceptors (Lipinski definition) is 4. The van der Waals surface area contributed by atoms with E-state index in [9.17, 15) is 4.79 Å². The number of nitrogens with two attached hydrogens (primary N) is 1. The molecule has 1 atom stereocenters. The molecule has 0 bridgehead atoms. The van der Waals surface area contributed by atoms with Crippen LogP contribution in [-0.4, -0.2) is 20.7 Å². The molecule has 0 radical (unpaired) electrons. The van der Waals surface area contributed by atoms with E-state index in [1.54, 1.807) is 29.1 Å². The van der Waals surface area contributed by atoms with Gasteiger partial charge < -0.3 is 11.1 Å². The van der Waals surface area contributed by atoms with Crippen LogP contribution >= 0.6 is 11.6 Å². The first-order valence-electron chi connectivity index (χ1n) is 11.1. The highest BCUT2D eigenvalue weighted by atomic mass is 35.5. The number of halogens is 1. The third-order valence-electron chi connectivity index (χ3n) is 5.64. The molecule has 0 aliphatic carbocycles. The Morgan fingerprint density at radius 2 is 1.60 bits per heavy atom. The fraction of sp³-hybridized carbons (Fsp3) is 0.0357. The molecule has 0 aliphatic rings. The molecule has 0 saturated heterocycles. The monoisotopic (exact) mass is 479 g/mol. The van der Waals surface area contributed by atoms with Crippen molar-refractivity contribution in [2.45, 2.75) is 6.04 Å². The number of nitrogen functional groups attached to an aromatic ring is 1. The molecule has 5 aromatic rings. The predicted molar refractivity (Wildman–Crippen MR) is 138 cm³/mol. The Kier molecular flexibility index (Phi) is 6.28. The van der Waals surface area contributed by atoms with Crippen LogP contribution in [0.2, 0.25) is 5.02 Å². The number of pyridine rings is 1. The van der Waals surface area contributed by atoms with Crippen molar-refractivity contribution in [3.8, 4) is 16.9 Å². The number of aromatic nitrogens is 3. The summed E-state index contributed by atoms with van der Waals surface area (Å²) in [5, 5.41) is 8.39. The van der Waals surface area contributed by atoms with Gasteiger partial charge in [0.05, 0.1) is 23.1 Å². The highest BCUT2D eigenvalue weighted by molar-refractivity contribution is 6.30. The van der Waals surface area contributed by atoms with Gasteiger partial charge in [-0.05, 0) is 54.1 Å². The molecule has 5 rings (SSSR count). The van der Waals surface area contributed by atoms with E-state index >= 15 is 0 Å². The molecular formula is C28H22ClN5O. The van der Waals surface area contributed by atoms with Crippen LogP contribution in [0.1, 0.15) is 27.7 Å². The molecule has 35 heavy (non-hydrogen) atoms. The topological polar surface area (TPSA) is 85.8 Å². The first-order chi connectivity index (χ1) is 17.1. The molecule has 3 aromatic carbocycles. The zero-order chi connectivity index (χ0) is 24.2. The lowest BCUT2D eigenvalue weighted by atomic mass is 10.0. The summed E-state index contributed by atoms with van der Waals surface area (Å²) < 4.78 is 1.65. The van der Waals surface area contributed by atoms with Crippen LogP contribution < -0.4 is 11.1 Å². The zero-order valence-corrected chi connectivity index (χ0v) is 19.4. The first kappa shape index (κ1) is 22.4. The normalized spacial score (nSPS) is 11.7. The number of benzene rings is 3. The number of amides is 1. The number of carbonyl (C=O) groups excluding carboxylic acids is 1. The van der Waals surface area contributed by atoms with Crippen LogP contribution in [0.5, 0.6) is 0 Å². The molecule has 0 fully saturated rings. The number of nitrogens with zero attached hydrogens (tertiary/aromatic N) is 3. The van der Waals surface area contributed by atoms with Crippen molar-refractivity contribution in [1.82, 2.24) is 20.1 Å². The van der Waals surface area contributed by atoms with Crippen LogP contribution in [0.15, 0.2) is 109 Å². The molecule has 0 spiro atoms. The van der Waals surface area contributed by atoms with Crippen molar-refractivity contribution >= 4 is 23.3 Å². The van der Waals surface area contributed by atoms with Crippen molar-refractivity contribution in [3.05, 3.63) is 131 Å². The van der Waals surface area contributed by atoms with E-state index in [2.05, 4.69) is 15.4 Å². The zero-order valence-electron chi connectivity index (χ0n) is 18.7. The second-order valence-electron chi connectivity index (χ2n) is 7.99. The molecule has 2 heterocycles. The SMILES string of the molecule is Nc1cc(-c2ccc(Cl)cc2)nn1-c1ccc(C(=O)NC(c2ccccc2)c2ccccn2)cc1. The van der Waals surface area contributed by atoms with Gasteiger partial charge in [-0.25, -0.2) is 4.68 Å². The van der Waals surface area contributed by atoms with Gasteiger partial charge in [-0.3, -0.25) is 9.78 Å². The van der Waals surface area contributed by atoms with E-state index in [1.807, 2.05) is 84.9 Å². The molecule has 0 aliphatic heterocycles. The lowest BCUT2D eigenvalue weighted by Gasteiger charge is -2.19. The van der Waals surface area contributed by atoms with Gasteiger partial charge in [0.25, 0.3) is 5.91 Å². The number of anilines is 1. The Bertz CT molecular complexity index is 1390. The number of carbonyl (C=O) groups is 1. The van der Waals surface area contributed by atoms with Gasteiger partial charge in [0, 0.05) is 28.4 Å². The standard InChI is InChI=1S/C28H22ClN5O/c29-22-13-9-19(10-14-22)25-18-26(30)34(33-25)23-15-11-21(12-16-23)28(35)32-27(20-6-2-1-3-7-20)24-8-4-5-17-31-24/h1-18,27H,30H2,(H,32,35). The van der Waals surface area contributed by atoms with Crippen LogP contribution in [0.25, 0.3) is 16.9 Å². The Morgan fingerprint density at radius 3 is 2.29 bits per heavy atom. The summed E-state index contributed by atoms with van der Waals surface area (Å²) in [7, 11) is 0. The molecule has 3 N–H and O–H groups in total. The highest BCUT2D eigenvalue weighted by Gasteiger charge is 2.19. The summed E-state index contributed by atoms with van der Waals surface area (Å²) in [6, 6.07) is 31.5. The van der Waals surface area contributed by atoms with E-state index < -0.39 is 0 Å². The summed E-state index contributed by atoms with van der Waals surface area (Å²) in [5.74, 6) is 0.290. The molecule has 1 unspecified atom stereocenters. The van der Waals surface area contributed by atoms with E-state index in [-0.39, 0.29) is 11.9 Å². The predicted octanol–water partition coefficient (Wildman–Crippen LogP) is 5.69. The fourth-order valence-electron chi connectivity index (χ4n) is 3.85. The second-order valence-corrected chi connectivity index (χ2v) is 8.43. The van der Waals surface area contributed by atoms with Crippen molar-refractivity contribution in [2.24, 2.45) is 0 Å². The summed E-state index contributed by atoms with van der Waals surface area (Å²) in [4.78, 5) is 17.6. The van der Waals surface area contributed by atoms with Crippen LogP contribution in [0.4, 0.5) is 5.82 Å². The highest BCUT2D eigenvalue weighted by Crippen LogP contribution is 2.25. The van der Waals surface area contributed by atoms with Gasteiger partial charge in [-0.2, -0.15) is 5.10 Å². The Labute approximate surface area is 208 Å². The van der Waals surface area contributed by atoms with Gasteiger partial charge in [-0.1, -0.05) is 60.1 Å². The maximum atomic E-state index is 13.1. The third kappa shape index (κ3) is 4.93. The third-order valence-corrected chi connectivity index (χ3v) is 5.89. The Morgan fingerprint density at radius 1 is 0.886 bits per heavy atom. The second kappa shape index (κ2) is 9.83. The van der Waals surface area contributed by atoms with E-state index in [4.69, 9.17) is 17.3 Å². The average Bonchev–Trinajstić information content (AvgIpc) is 3.30. The summed E-state index contributed by atoms with van der Waals surface area (Å²) >= 11 is 5.99. The van der Waals surface area contributed by atoms with Gasteiger partial charge in [0.15, 0.2) is 0 Å². The quantitative estimate of drug-likeness (QED) is 0.327. The number of rotatable bonds is 6. The molecule has 6 nitrogen and oxygen atoms in total. The molecule has 172 valence electrons. The van der Waals surface area contributed by atoms with Crippen LogP contribution in [-0.2, 0) is 0 Å². The first-order valence-corrected chi connectivity index (χ1v) is 11.4. The minimum atomic E-state index is -0.367. The van der Waals surface area contributed by atoms with Crippen molar-refractivity contribution in [3.63, 3.8) is 0 Å². The maximum Gasteiger partial charge on any atom is 0.252 e. The van der Waals surface area contributed by atoms with Crippen LogP contribution in [0, 0.1) is 0 Å². The van der Waals surface area contributed by atoms with Gasteiger partial charge in [-0.15, -0.1) is 0 Å². The summed E-state index contributed by atoms with van der Waals surface area (Å²) in [5.41, 5.74) is 10.9. The van der Waals surface area contributed by atoms with E-state index in [1.165, 1.54) is 0 Å². The summed E-state index contributed by atoms with van der Waals surface area (Å²) in [6.45, 7) is 0. The van der Waals surface area contributed by atoms with Gasteiger partial charge in [0.1, 0.15) is 5.82 Å². The molecule has 2 aromatic heterocycles. The fourth-order valence-corrected chi connectivity index (χ4v) is 3.98. The molecule has 0 saturated carbocycles. The van der Waals surface area contributed by atoms with Crippen molar-refractivity contribution < 1.29 is 4.79 Å². The maximum absolute atomic E-state index is 13.1. The summed E-state index contributed by atoms with van der Waals surface area (Å²) in [6.07, 6.45) is 1.72. The van der Waals surface area contributed by atoms with Crippen molar-refractivity contribution in [2.75, 3.05) is 5.73 Å². The molecule has 1 amide bonds. The Balaban J connectivity index is 1.37. The minimum absolute atomic E-state index is 0.202. The van der Waals surface area contributed by atoms with Gasteiger partial charge in [0.2, 0.25) is 0 Å². The van der Waals surface area contributed by atoms with E-state index in [0.29, 0.717) is 16.4 Å². The lowest BCUT2D eigenvalue weighted by Crippen LogP contribution is -2.29. The largest absolute Gasteiger partial charge is 0.384 e. The smallest absolute Gasteiger partial charge is 0.252 e. The molecular weight excluding hydrogens is 458 g/mol. The van der Waals surface area contributed by atoms with E-state index in [0.717, 1.165) is 28.2 Å². The lowest BCUT2D eigenvalue weighted by molar-refractivity contribution is 0.0942.